The average Bonchev–Trinajstić information content (AvgIpc) is 2.43. The molecule has 1 rings (SSSR count). The van der Waals surface area contributed by atoms with Crippen LogP contribution in [0.5, 0.6) is 0 Å². The second-order valence-electron chi connectivity index (χ2n) is 6.85. The molecular weight excluding hydrogens is 391 g/mol. The van der Waals surface area contributed by atoms with Crippen molar-refractivity contribution in [2.24, 2.45) is 4.99 Å². The van der Waals surface area contributed by atoms with E-state index in [0.29, 0.717) is 5.56 Å². The Kier molecular flexibility index (Phi) is 5.90. The van der Waals surface area contributed by atoms with Gasteiger partial charge in [-0.3, -0.25) is 4.99 Å². The normalized spacial score (nSPS) is 15.1. The number of hydrogen-bond donors (Lipinski definition) is 1. The summed E-state index contributed by atoms with van der Waals surface area (Å²) in [7, 11) is 0. The zero-order valence-electron chi connectivity index (χ0n) is 14.7. The van der Waals surface area contributed by atoms with E-state index < -0.39 is 35.3 Å². The molecule has 0 heterocycles. The van der Waals surface area contributed by atoms with Crippen LogP contribution >= 0.6 is 0 Å². The third kappa shape index (κ3) is 4.67. The SMILES string of the molecule is Cc1cccc(NC(=NC(C)(C)C)C(F)(F)C(F)(F)C(F)(F)C(F)(F)F)c1. The summed E-state index contributed by atoms with van der Waals surface area (Å²) >= 11 is 0. The number of hydrogen-bond acceptors (Lipinski definition) is 1. The first-order valence-corrected chi connectivity index (χ1v) is 7.47. The second-order valence-corrected chi connectivity index (χ2v) is 6.85. The minimum Gasteiger partial charge on any atom is -0.339 e. The van der Waals surface area contributed by atoms with Gasteiger partial charge in [0.25, 0.3) is 0 Å². The van der Waals surface area contributed by atoms with Crippen molar-refractivity contribution in [1.29, 1.82) is 0 Å². The highest BCUT2D eigenvalue weighted by molar-refractivity contribution is 6.01. The summed E-state index contributed by atoms with van der Waals surface area (Å²) in [5.74, 6) is -21.7. The van der Waals surface area contributed by atoms with Gasteiger partial charge in [-0.25, -0.2) is 0 Å². The van der Waals surface area contributed by atoms with Crippen LogP contribution in [0.2, 0.25) is 0 Å². The van der Waals surface area contributed by atoms with Crippen molar-refractivity contribution >= 4 is 11.5 Å². The zero-order valence-corrected chi connectivity index (χ0v) is 14.7. The number of amidine groups is 1. The number of nitrogens with one attached hydrogen (secondary N) is 1. The van der Waals surface area contributed by atoms with Crippen molar-refractivity contribution in [1.82, 2.24) is 0 Å². The van der Waals surface area contributed by atoms with Gasteiger partial charge in [-0.05, 0) is 45.4 Å². The molecule has 0 aromatic heterocycles. The largest absolute Gasteiger partial charge is 0.460 e. The van der Waals surface area contributed by atoms with E-state index in [-0.39, 0.29) is 5.69 Å². The van der Waals surface area contributed by atoms with Crippen LogP contribution in [-0.2, 0) is 0 Å². The Morgan fingerprint density at radius 3 is 1.78 bits per heavy atom. The fraction of sp³-hybridized carbons (Fsp3) is 0.562. The van der Waals surface area contributed by atoms with Crippen molar-refractivity contribution < 1.29 is 39.5 Å². The van der Waals surface area contributed by atoms with E-state index in [0.717, 1.165) is 6.07 Å². The molecule has 0 radical (unpaired) electrons. The molecular formula is C16H17F9N2. The van der Waals surface area contributed by atoms with Gasteiger partial charge in [-0.1, -0.05) is 12.1 Å². The molecule has 1 aromatic carbocycles. The van der Waals surface area contributed by atoms with E-state index in [2.05, 4.69) is 4.99 Å². The Morgan fingerprint density at radius 2 is 1.37 bits per heavy atom. The highest BCUT2D eigenvalue weighted by atomic mass is 19.4. The van der Waals surface area contributed by atoms with Crippen LogP contribution in [0.15, 0.2) is 29.3 Å². The number of anilines is 1. The smallest absolute Gasteiger partial charge is 0.339 e. The summed E-state index contributed by atoms with van der Waals surface area (Å²) in [6, 6.07) is 5.21. The average molecular weight is 408 g/mol. The van der Waals surface area contributed by atoms with Gasteiger partial charge in [0.15, 0.2) is 5.84 Å². The summed E-state index contributed by atoms with van der Waals surface area (Å²) < 4.78 is 119. The lowest BCUT2D eigenvalue weighted by Crippen LogP contribution is -2.64. The molecule has 27 heavy (non-hydrogen) atoms. The molecule has 2 nitrogen and oxygen atoms in total. The summed E-state index contributed by atoms with van der Waals surface area (Å²) in [6.45, 7) is 5.07. The minimum absolute atomic E-state index is 0.233. The number of halogens is 9. The number of rotatable bonds is 4. The van der Waals surface area contributed by atoms with Crippen molar-refractivity contribution in [3.8, 4) is 0 Å². The maximum absolute atomic E-state index is 14.3. The molecule has 0 fully saturated rings. The summed E-state index contributed by atoms with van der Waals surface area (Å²) in [5, 5.41) is 1.77. The predicted molar refractivity (Wildman–Crippen MR) is 82.9 cm³/mol. The van der Waals surface area contributed by atoms with Gasteiger partial charge in [0, 0.05) is 5.69 Å². The molecule has 1 N–H and O–H groups in total. The van der Waals surface area contributed by atoms with Crippen molar-refractivity contribution in [2.75, 3.05) is 5.32 Å². The van der Waals surface area contributed by atoms with Crippen LogP contribution in [0.3, 0.4) is 0 Å². The topological polar surface area (TPSA) is 24.4 Å². The van der Waals surface area contributed by atoms with Crippen LogP contribution in [0.1, 0.15) is 26.3 Å². The number of aliphatic imine (C=N–C) groups is 1. The summed E-state index contributed by atoms with van der Waals surface area (Å²) in [4.78, 5) is 3.24. The lowest BCUT2D eigenvalue weighted by molar-refractivity contribution is -0.384. The van der Waals surface area contributed by atoms with Crippen LogP contribution in [0.4, 0.5) is 45.2 Å². The first kappa shape index (κ1) is 23.1. The summed E-state index contributed by atoms with van der Waals surface area (Å²) in [6.07, 6.45) is -6.89. The highest BCUT2D eigenvalue weighted by Crippen LogP contribution is 2.53. The van der Waals surface area contributed by atoms with Gasteiger partial charge in [-0.15, -0.1) is 0 Å². The molecule has 0 aliphatic rings. The first-order chi connectivity index (χ1) is 11.8. The Labute approximate surface area is 149 Å². The van der Waals surface area contributed by atoms with Crippen molar-refractivity contribution in [3.63, 3.8) is 0 Å². The van der Waals surface area contributed by atoms with Gasteiger partial charge >= 0.3 is 23.9 Å². The molecule has 11 heteroatoms. The second kappa shape index (κ2) is 6.90. The molecule has 0 saturated heterocycles. The van der Waals surface area contributed by atoms with Crippen LogP contribution in [0.25, 0.3) is 0 Å². The molecule has 154 valence electrons. The Balaban J connectivity index is 3.54. The Morgan fingerprint density at radius 1 is 0.852 bits per heavy atom. The first-order valence-electron chi connectivity index (χ1n) is 7.47. The molecule has 0 bridgehead atoms. The summed E-state index contributed by atoms with van der Waals surface area (Å²) in [5.41, 5.74) is -1.23. The highest BCUT2D eigenvalue weighted by Gasteiger charge is 2.83. The third-order valence-corrected chi connectivity index (χ3v) is 3.17. The fourth-order valence-corrected chi connectivity index (χ4v) is 1.90. The van der Waals surface area contributed by atoms with Crippen molar-refractivity contribution in [3.05, 3.63) is 29.8 Å². The molecule has 0 saturated carbocycles. The van der Waals surface area contributed by atoms with Gasteiger partial charge in [0.2, 0.25) is 0 Å². The number of alkyl halides is 9. The maximum Gasteiger partial charge on any atom is 0.460 e. The van der Waals surface area contributed by atoms with Gasteiger partial charge < -0.3 is 5.32 Å². The Hall–Kier alpha value is -1.94. The van der Waals surface area contributed by atoms with Gasteiger partial charge in [0.1, 0.15) is 0 Å². The van der Waals surface area contributed by atoms with Crippen LogP contribution < -0.4 is 5.32 Å². The predicted octanol–water partition coefficient (Wildman–Crippen LogP) is 6.07. The molecule has 0 unspecified atom stereocenters. The number of benzene rings is 1. The minimum atomic E-state index is -6.99. The van der Waals surface area contributed by atoms with Gasteiger partial charge in [-0.2, -0.15) is 39.5 Å². The van der Waals surface area contributed by atoms with E-state index in [1.165, 1.54) is 45.9 Å². The molecule has 0 atom stereocenters. The number of nitrogens with zero attached hydrogens (tertiary/aromatic N) is 1. The molecule has 0 aliphatic heterocycles. The lowest BCUT2D eigenvalue weighted by Gasteiger charge is -2.35. The number of aryl methyl sites for hydroxylation is 1. The van der Waals surface area contributed by atoms with E-state index in [9.17, 15) is 39.5 Å². The maximum atomic E-state index is 14.3. The quantitative estimate of drug-likeness (QED) is 0.365. The monoisotopic (exact) mass is 408 g/mol. The standard InChI is InChI=1S/C16H17F9N2/c1-9-6-5-7-10(8-9)26-11(27-12(2,3)4)13(17,18)14(19,20)15(21,22)16(23,24)25/h5-8H,1-4H3,(H,26,27). The third-order valence-electron chi connectivity index (χ3n) is 3.17. The Bertz CT molecular complexity index is 701. The van der Waals surface area contributed by atoms with Crippen LogP contribution in [0, 0.1) is 6.92 Å². The van der Waals surface area contributed by atoms with E-state index in [1.807, 2.05) is 0 Å². The van der Waals surface area contributed by atoms with E-state index in [4.69, 9.17) is 0 Å². The molecule has 0 aliphatic carbocycles. The molecule has 0 amide bonds. The zero-order chi connectivity index (χ0) is 21.5. The molecule has 1 aromatic rings. The van der Waals surface area contributed by atoms with Gasteiger partial charge in [0.05, 0.1) is 5.54 Å². The fourth-order valence-electron chi connectivity index (χ4n) is 1.90. The lowest BCUT2D eigenvalue weighted by atomic mass is 10.0. The van der Waals surface area contributed by atoms with Crippen molar-refractivity contribution in [2.45, 2.75) is 57.2 Å². The van der Waals surface area contributed by atoms with E-state index in [1.54, 1.807) is 5.32 Å². The molecule has 0 spiro atoms. The van der Waals surface area contributed by atoms with E-state index >= 15 is 0 Å². The van der Waals surface area contributed by atoms with Crippen LogP contribution in [-0.4, -0.2) is 35.3 Å².